The fraction of sp³-hybridized carbons (Fsp3) is 0.525. The Bertz CT molecular complexity index is 1440. The first-order valence-electron chi connectivity index (χ1n) is 17.8. The van der Waals surface area contributed by atoms with E-state index in [0.717, 1.165) is 35.6 Å². The van der Waals surface area contributed by atoms with Gasteiger partial charge in [-0.05, 0) is 84.3 Å². The minimum Gasteiger partial charge on any atom is -0.497 e. The monoisotopic (exact) mass is 671 g/mol. The average molecular weight is 672 g/mol. The number of hydrazine groups is 1. The number of methoxy groups -OCH3 is 2. The molecule has 3 aromatic rings. The summed E-state index contributed by atoms with van der Waals surface area (Å²) < 4.78 is 18.4. The molecule has 0 radical (unpaired) electrons. The summed E-state index contributed by atoms with van der Waals surface area (Å²) in [5.41, 5.74) is 3.35. The first-order valence-corrected chi connectivity index (χ1v) is 20.7. The van der Waals surface area contributed by atoms with Crippen molar-refractivity contribution in [3.05, 3.63) is 95.6 Å². The van der Waals surface area contributed by atoms with E-state index in [1.165, 1.54) is 37.7 Å². The summed E-state index contributed by atoms with van der Waals surface area (Å²) in [5.74, 6) is 2.17. The SMILES string of the molecule is COc1ccc(CN2C(=O)N(Cc3ccc(OC)cc3)N(CC3CCCCC3)CC(O[Si](C)(C)C(C)(C)C)C2Cc2ccccc2)cc1. The quantitative estimate of drug-likeness (QED) is 0.180. The fourth-order valence-corrected chi connectivity index (χ4v) is 8.17. The number of carbonyl (C=O) groups is 1. The van der Waals surface area contributed by atoms with Crippen LogP contribution in [0.4, 0.5) is 4.79 Å². The summed E-state index contributed by atoms with van der Waals surface area (Å²) in [6.07, 6.45) is 6.78. The van der Waals surface area contributed by atoms with E-state index in [1.807, 2.05) is 29.3 Å². The molecule has 1 saturated carbocycles. The number of amides is 2. The molecule has 1 heterocycles. The Morgan fingerprint density at radius 1 is 0.750 bits per heavy atom. The Hall–Kier alpha value is -3.33. The molecule has 260 valence electrons. The lowest BCUT2D eigenvalue weighted by Crippen LogP contribution is -2.54. The van der Waals surface area contributed by atoms with Crippen LogP contribution in [-0.2, 0) is 23.9 Å². The molecule has 2 fully saturated rings. The van der Waals surface area contributed by atoms with Gasteiger partial charge in [0.2, 0.25) is 0 Å². The number of nitrogens with zero attached hydrogens (tertiary/aromatic N) is 3. The first kappa shape index (κ1) is 36.0. The number of urea groups is 1. The molecular formula is C40H57N3O4Si. The molecule has 0 N–H and O–H groups in total. The van der Waals surface area contributed by atoms with Crippen LogP contribution in [0.2, 0.25) is 18.1 Å². The van der Waals surface area contributed by atoms with Crippen molar-refractivity contribution in [2.24, 2.45) is 5.92 Å². The van der Waals surface area contributed by atoms with Crippen LogP contribution < -0.4 is 9.47 Å². The van der Waals surface area contributed by atoms with E-state index in [0.29, 0.717) is 25.6 Å². The number of hydrogen-bond donors (Lipinski definition) is 0. The van der Waals surface area contributed by atoms with Crippen molar-refractivity contribution < 1.29 is 18.7 Å². The number of rotatable bonds is 12. The largest absolute Gasteiger partial charge is 0.497 e. The highest BCUT2D eigenvalue weighted by Crippen LogP contribution is 2.39. The van der Waals surface area contributed by atoms with Crippen LogP contribution in [0.5, 0.6) is 11.5 Å². The second kappa shape index (κ2) is 15.9. The normalized spacial score (nSPS) is 20.1. The summed E-state index contributed by atoms with van der Waals surface area (Å²) in [5, 5.41) is 4.43. The molecule has 3 aromatic carbocycles. The molecule has 48 heavy (non-hydrogen) atoms. The number of ether oxygens (including phenoxy) is 2. The van der Waals surface area contributed by atoms with Crippen LogP contribution in [0.25, 0.3) is 0 Å². The molecule has 0 spiro atoms. The third kappa shape index (κ3) is 9.01. The maximum absolute atomic E-state index is 15.3. The van der Waals surface area contributed by atoms with Crippen LogP contribution in [0, 0.1) is 5.92 Å². The summed E-state index contributed by atoms with van der Waals surface area (Å²) >= 11 is 0. The Morgan fingerprint density at radius 3 is 1.85 bits per heavy atom. The molecule has 2 amide bonds. The van der Waals surface area contributed by atoms with Crippen LogP contribution >= 0.6 is 0 Å². The van der Waals surface area contributed by atoms with Gasteiger partial charge in [-0.15, -0.1) is 0 Å². The number of hydrogen-bond acceptors (Lipinski definition) is 5. The highest BCUT2D eigenvalue weighted by atomic mass is 28.4. The molecular weight excluding hydrogens is 615 g/mol. The van der Waals surface area contributed by atoms with E-state index < -0.39 is 8.32 Å². The maximum Gasteiger partial charge on any atom is 0.335 e. The van der Waals surface area contributed by atoms with E-state index in [2.05, 4.69) is 98.4 Å². The zero-order valence-corrected chi connectivity index (χ0v) is 31.3. The molecule has 5 rings (SSSR count). The molecule has 1 saturated heterocycles. The van der Waals surface area contributed by atoms with Crippen LogP contribution in [-0.4, -0.2) is 68.7 Å². The van der Waals surface area contributed by atoms with E-state index >= 15 is 4.79 Å². The lowest BCUT2D eigenvalue weighted by atomic mass is 9.89. The molecule has 2 unspecified atom stereocenters. The van der Waals surface area contributed by atoms with Gasteiger partial charge >= 0.3 is 6.03 Å². The van der Waals surface area contributed by atoms with Gasteiger partial charge in [0.25, 0.3) is 0 Å². The molecule has 0 bridgehead atoms. The molecule has 2 aliphatic rings. The van der Waals surface area contributed by atoms with Crippen molar-refractivity contribution in [2.75, 3.05) is 27.3 Å². The summed E-state index contributed by atoms with van der Waals surface area (Å²) in [6, 6.07) is 26.7. The Morgan fingerprint density at radius 2 is 1.31 bits per heavy atom. The van der Waals surface area contributed by atoms with Crippen LogP contribution in [0.1, 0.15) is 69.6 Å². The lowest BCUT2D eigenvalue weighted by Gasteiger charge is -2.43. The zero-order valence-electron chi connectivity index (χ0n) is 30.3. The predicted molar refractivity (Wildman–Crippen MR) is 197 cm³/mol. The Labute approximate surface area is 290 Å². The van der Waals surface area contributed by atoms with E-state index in [1.54, 1.807) is 14.2 Å². The summed E-state index contributed by atoms with van der Waals surface area (Å²) in [6.45, 7) is 14.1. The molecule has 1 aliphatic heterocycles. The summed E-state index contributed by atoms with van der Waals surface area (Å²) in [4.78, 5) is 17.4. The van der Waals surface area contributed by atoms with E-state index in [4.69, 9.17) is 13.9 Å². The molecule has 8 heteroatoms. The number of carbonyl (C=O) groups excluding carboxylic acids is 1. The van der Waals surface area contributed by atoms with Crippen molar-refractivity contribution in [1.29, 1.82) is 0 Å². The third-order valence-electron chi connectivity index (χ3n) is 10.8. The van der Waals surface area contributed by atoms with Crippen LogP contribution in [0.3, 0.4) is 0 Å². The topological polar surface area (TPSA) is 54.5 Å². The van der Waals surface area contributed by atoms with Crippen LogP contribution in [0.15, 0.2) is 78.9 Å². The standard InChI is InChI=1S/C40H57N3O4Si/c1-40(2,3)48(6,7)47-38-30-41(27-32-16-12-9-13-17-32)43(29-34-20-24-36(46-5)25-21-34)39(44)42(28-33-18-22-35(45-4)23-19-33)37(38)26-31-14-10-8-11-15-31/h8,10-11,14-15,18-25,32,37-38H,9,12-13,16-17,26-30H2,1-7H3. The van der Waals surface area contributed by atoms with E-state index in [9.17, 15) is 0 Å². The van der Waals surface area contributed by atoms with Gasteiger partial charge in [0.1, 0.15) is 11.5 Å². The molecule has 0 aromatic heterocycles. The molecule has 7 nitrogen and oxygen atoms in total. The van der Waals surface area contributed by atoms with Crippen molar-refractivity contribution in [1.82, 2.24) is 14.9 Å². The van der Waals surface area contributed by atoms with Gasteiger partial charge in [-0.25, -0.2) is 9.80 Å². The predicted octanol–water partition coefficient (Wildman–Crippen LogP) is 8.94. The van der Waals surface area contributed by atoms with Crippen molar-refractivity contribution >= 4 is 14.3 Å². The Balaban J connectivity index is 1.61. The van der Waals surface area contributed by atoms with Gasteiger partial charge in [-0.2, -0.15) is 0 Å². The van der Waals surface area contributed by atoms with Gasteiger partial charge in [0.05, 0.1) is 32.9 Å². The average Bonchev–Trinajstić information content (AvgIpc) is 3.16. The van der Waals surface area contributed by atoms with Crippen molar-refractivity contribution in [3.63, 3.8) is 0 Å². The number of benzene rings is 3. The highest BCUT2D eigenvalue weighted by Gasteiger charge is 2.46. The maximum atomic E-state index is 15.3. The lowest BCUT2D eigenvalue weighted by molar-refractivity contribution is -0.0265. The van der Waals surface area contributed by atoms with E-state index in [-0.39, 0.29) is 23.2 Å². The van der Waals surface area contributed by atoms with Crippen molar-refractivity contribution in [3.8, 4) is 11.5 Å². The minimum absolute atomic E-state index is 0.0262. The second-order valence-corrected chi connectivity index (χ2v) is 20.0. The minimum atomic E-state index is -2.23. The second-order valence-electron chi connectivity index (χ2n) is 15.2. The smallest absolute Gasteiger partial charge is 0.335 e. The van der Waals surface area contributed by atoms with Crippen molar-refractivity contribution in [2.45, 2.75) is 103 Å². The Kier molecular flexibility index (Phi) is 11.9. The van der Waals surface area contributed by atoms with Gasteiger partial charge in [-0.1, -0.05) is 94.6 Å². The van der Waals surface area contributed by atoms with Gasteiger partial charge < -0.3 is 18.8 Å². The zero-order chi connectivity index (χ0) is 34.3. The molecule has 1 aliphatic carbocycles. The first-order chi connectivity index (χ1) is 23.0. The fourth-order valence-electron chi connectivity index (χ4n) is 6.83. The third-order valence-corrected chi connectivity index (χ3v) is 15.3. The van der Waals surface area contributed by atoms with Gasteiger partial charge in [0.15, 0.2) is 8.32 Å². The molecule has 2 atom stereocenters. The van der Waals surface area contributed by atoms with Gasteiger partial charge in [-0.3, -0.25) is 5.01 Å². The van der Waals surface area contributed by atoms with Gasteiger partial charge in [0, 0.05) is 19.6 Å². The highest BCUT2D eigenvalue weighted by molar-refractivity contribution is 6.74. The summed E-state index contributed by atoms with van der Waals surface area (Å²) in [7, 11) is 1.14.